The maximum absolute atomic E-state index is 8.52. The van der Waals surface area contributed by atoms with Gasteiger partial charge in [-0.3, -0.25) is 16.8 Å². The Morgan fingerprint density at radius 3 is 0.409 bits per heavy atom. The van der Waals surface area contributed by atoms with E-state index in [0.29, 0.717) is 0 Å². The molecule has 0 aliphatic carbocycles. The van der Waals surface area contributed by atoms with Crippen LogP contribution in [0.15, 0.2) is 0 Å². The van der Waals surface area contributed by atoms with E-state index in [1.54, 1.807) is 0 Å². The molecule has 0 aliphatic heterocycles. The first kappa shape index (κ1) is 154. The minimum Gasteiger partial charge on any atom is -0.759 e. The zero-order chi connectivity index (χ0) is 9.00. The molecule has 19 nitrogen and oxygen atoms in total. The third-order valence-electron chi connectivity index (χ3n) is 0. The summed E-state index contributed by atoms with van der Waals surface area (Å²) in [4.78, 5) is 0. The second-order valence-electron chi connectivity index (χ2n) is 0.816. The Bertz CT molecular complexity index is 217. The van der Waals surface area contributed by atoms with Crippen molar-refractivity contribution in [1.29, 1.82) is 0 Å². The molecule has 155 valence electrons. The van der Waals surface area contributed by atoms with Crippen LogP contribution in [0.25, 0.3) is 0 Å². The van der Waals surface area contributed by atoms with Gasteiger partial charge in [-0.25, -0.2) is 0 Å². The van der Waals surface area contributed by atoms with Gasteiger partial charge in [-0.2, -0.15) is 0 Å². The van der Waals surface area contributed by atoms with Crippen molar-refractivity contribution in [3.05, 3.63) is 0 Å². The average molecular weight is 442 g/mol. The van der Waals surface area contributed by atoms with Crippen LogP contribution in [0.3, 0.4) is 0 Å². The van der Waals surface area contributed by atoms with Crippen molar-refractivity contribution < 1.29 is 107 Å². The van der Waals surface area contributed by atoms with Crippen LogP contribution >= 0.6 is 0 Å². The molecule has 0 aromatic heterocycles. The Hall–Kier alpha value is -0.168. The van der Waals surface area contributed by atoms with Crippen molar-refractivity contribution in [3.63, 3.8) is 0 Å². The van der Waals surface area contributed by atoms with Gasteiger partial charge in [-0.1, -0.05) is 0 Å². The quantitative estimate of drug-likeness (QED) is 0.276. The minimum absolute atomic E-state index is 0. The zero-order valence-corrected chi connectivity index (χ0v) is 13.4. The van der Waals surface area contributed by atoms with Gasteiger partial charge < -0.3 is 79.1 Å². The summed E-state index contributed by atoms with van der Waals surface area (Å²) < 4.78 is 68.2. The normalized spacial score (nSPS) is 5.27. The van der Waals surface area contributed by atoms with Crippen molar-refractivity contribution in [2.45, 2.75) is 0 Å². The first-order chi connectivity index (χ1) is 4.00. The van der Waals surface area contributed by atoms with Crippen LogP contribution in [-0.2, 0) is 38.2 Å². The smallest absolute Gasteiger partial charge is 0.759 e. The van der Waals surface area contributed by atoms with Gasteiger partial charge in [0.15, 0.2) is 0 Å². The molecular weight excluding hydrogens is 418 g/mol. The number of hydrogen-bond acceptors (Lipinski definition) is 8. The van der Waals surface area contributed by atoms with E-state index in [-0.39, 0.29) is 78.3 Å². The van der Waals surface area contributed by atoms with Gasteiger partial charge in [0.2, 0.25) is 0 Å². The first-order valence-electron chi connectivity index (χ1n) is 1.33. The van der Waals surface area contributed by atoms with Crippen LogP contribution in [0.4, 0.5) is 0 Å². The van der Waals surface area contributed by atoms with Crippen LogP contribution in [0.5, 0.6) is 0 Å². The Morgan fingerprint density at radius 2 is 0.409 bits per heavy atom. The fourth-order valence-corrected chi connectivity index (χ4v) is 0. The molecular formula is H24CrNO18S2. The van der Waals surface area contributed by atoms with Crippen molar-refractivity contribution >= 4 is 20.8 Å². The third-order valence-corrected chi connectivity index (χ3v) is 0. The van der Waals surface area contributed by atoms with Gasteiger partial charge in [0.1, 0.15) is 0 Å². The molecule has 0 saturated heterocycles. The van der Waals surface area contributed by atoms with Gasteiger partial charge in [0.25, 0.3) is 0 Å². The van der Waals surface area contributed by atoms with Gasteiger partial charge >= 0.3 is 17.4 Å². The maximum Gasteiger partial charge on any atom is 3.00 e. The van der Waals surface area contributed by atoms with Crippen molar-refractivity contribution in [2.75, 3.05) is 0 Å². The van der Waals surface area contributed by atoms with E-state index >= 15 is 0 Å². The van der Waals surface area contributed by atoms with E-state index in [4.69, 9.17) is 35.0 Å². The molecule has 0 aromatic carbocycles. The molecule has 0 heterocycles. The molecule has 0 saturated carbocycles. The van der Waals surface area contributed by atoms with Crippen molar-refractivity contribution in [2.24, 2.45) is 0 Å². The van der Waals surface area contributed by atoms with Crippen LogP contribution in [0, 0.1) is 0 Å². The summed E-state index contributed by atoms with van der Waals surface area (Å²) in [5.41, 5.74) is 0. The van der Waals surface area contributed by atoms with Crippen molar-refractivity contribution in [1.82, 2.24) is 6.15 Å². The van der Waals surface area contributed by atoms with E-state index in [1.165, 1.54) is 0 Å². The summed E-state index contributed by atoms with van der Waals surface area (Å²) in [6, 6.07) is 0. The fourth-order valence-electron chi connectivity index (χ4n) is 0. The summed E-state index contributed by atoms with van der Waals surface area (Å²) in [6.45, 7) is 0. The first-order valence-corrected chi connectivity index (χ1v) is 4.00. The van der Waals surface area contributed by atoms with Crippen LogP contribution in [0.1, 0.15) is 0 Å². The van der Waals surface area contributed by atoms with Gasteiger partial charge in [0.05, 0.1) is 0 Å². The number of hydrogen-bond donors (Lipinski definition) is 1. The Kier molecular flexibility index (Phi) is 411. The predicted molar refractivity (Wildman–Crippen MR) is 63.1 cm³/mol. The maximum atomic E-state index is 8.52. The van der Waals surface area contributed by atoms with E-state index < -0.39 is 20.8 Å². The molecule has 1 radical (unpaired) electrons. The molecule has 22 heavy (non-hydrogen) atoms. The van der Waals surface area contributed by atoms with Gasteiger partial charge in [0, 0.05) is 20.8 Å². The summed E-state index contributed by atoms with van der Waals surface area (Å²) in [6.07, 6.45) is 0. The predicted octanol–water partition coefficient (Wildman–Crippen LogP) is -10.5. The Labute approximate surface area is 134 Å². The standard InChI is InChI=1S/Cr.H3N.2H2O4S.10H2O/c;;2*1-5(2,3)4;;;;;;;;;;/h;1H3;2*(H2,1,2,3,4);10*1H2/q+3;;;;;;;;;;;;;/p-3. The third kappa shape index (κ3) is 251000. The summed E-state index contributed by atoms with van der Waals surface area (Å²) in [5, 5.41) is 0. The summed E-state index contributed by atoms with van der Waals surface area (Å²) in [5.74, 6) is 0. The second kappa shape index (κ2) is 58.5. The molecule has 0 bridgehead atoms. The van der Waals surface area contributed by atoms with E-state index in [1.807, 2.05) is 0 Å². The molecule has 24 N–H and O–H groups in total. The summed E-state index contributed by atoms with van der Waals surface area (Å²) in [7, 11) is -10.3. The van der Waals surface area contributed by atoms with Gasteiger partial charge in [-0.15, -0.1) is 0 Å². The zero-order valence-electron chi connectivity index (χ0n) is 10.5. The van der Waals surface area contributed by atoms with Crippen molar-refractivity contribution in [3.8, 4) is 0 Å². The largest absolute Gasteiger partial charge is 3.00 e. The molecule has 0 rings (SSSR count). The minimum atomic E-state index is -5.17. The molecule has 0 fully saturated rings. The molecule has 0 aromatic rings. The fraction of sp³-hybridized carbons (Fsp3) is 0. The Morgan fingerprint density at radius 1 is 0.409 bits per heavy atom. The van der Waals surface area contributed by atoms with Gasteiger partial charge in [-0.05, 0) is 0 Å². The summed E-state index contributed by atoms with van der Waals surface area (Å²) >= 11 is 0. The Balaban J connectivity index is -0.00000000314. The average Bonchev–Trinajstić information content (AvgIpc) is 1.12. The van der Waals surface area contributed by atoms with Crippen LogP contribution in [-0.4, -0.2) is 89.8 Å². The molecule has 0 spiro atoms. The van der Waals surface area contributed by atoms with E-state index in [0.717, 1.165) is 0 Å². The van der Waals surface area contributed by atoms with E-state index in [9.17, 15) is 0 Å². The van der Waals surface area contributed by atoms with E-state index in [2.05, 4.69) is 0 Å². The number of quaternary nitrogens is 1. The van der Waals surface area contributed by atoms with Crippen LogP contribution in [0.2, 0.25) is 0 Å². The molecule has 0 aliphatic rings. The topological polar surface area (TPSA) is 512 Å². The molecule has 22 heteroatoms. The number of rotatable bonds is 0. The molecule has 0 atom stereocenters. The SMILES string of the molecule is O.O.O.O.O.O.O.O.O.O.O=S(=O)([O-])[O-].O=S(=O)([O-])[O-].[Cr+3].[NH4+]. The molecule has 0 amide bonds. The van der Waals surface area contributed by atoms with Crippen LogP contribution < -0.4 is 6.15 Å². The monoisotopic (exact) mass is 442 g/mol. The second-order valence-corrected chi connectivity index (χ2v) is 2.45. The molecule has 0 unspecified atom stereocenters.